The molecule has 0 amide bonds. The van der Waals surface area contributed by atoms with Gasteiger partial charge >= 0.3 is 19.3 Å². The summed E-state index contributed by atoms with van der Waals surface area (Å²) in [6, 6.07) is 7.45. The first-order chi connectivity index (χ1) is 20.2. The summed E-state index contributed by atoms with van der Waals surface area (Å²) in [6.07, 6.45) is 2.12. The van der Waals surface area contributed by atoms with Gasteiger partial charge in [-0.05, 0) is 102 Å². The number of rotatable bonds is 8. The van der Waals surface area contributed by atoms with Crippen LogP contribution in [0, 0.1) is 30.6 Å². The van der Waals surface area contributed by atoms with Crippen LogP contribution in [-0.4, -0.2) is 43.7 Å². The van der Waals surface area contributed by atoms with E-state index in [-0.39, 0.29) is 37.1 Å². The van der Waals surface area contributed by atoms with E-state index in [1.165, 1.54) is 36.9 Å². The smallest absolute Gasteiger partial charge is 0.469 e. The third kappa shape index (κ3) is 7.17. The molecule has 4 heterocycles. The number of carbonyl (C=O) groups is 2. The normalized spacial score (nSPS) is 13.3. The van der Waals surface area contributed by atoms with E-state index in [4.69, 9.17) is 14.5 Å². The molecule has 0 aromatic carbocycles. The minimum atomic E-state index is -2.91. The highest BCUT2D eigenvalue weighted by atomic mass is 32.1. The van der Waals surface area contributed by atoms with Gasteiger partial charge in [-0.25, -0.2) is 4.99 Å². The zero-order valence-corrected chi connectivity index (χ0v) is 25.2. The molecule has 0 saturated heterocycles. The fourth-order valence-corrected chi connectivity index (χ4v) is 5.64. The van der Waals surface area contributed by atoms with Gasteiger partial charge in [0, 0.05) is 18.5 Å². The molecular weight excluding hydrogens is 577 g/mol. The molecular formula is C31H27BF2N2O4S2. The molecule has 4 rings (SSSR count). The molecule has 3 aromatic heterocycles. The first kappa shape index (κ1) is 30.8. The second-order valence-electron chi connectivity index (χ2n) is 9.19. The molecule has 3 aromatic rings. The minimum Gasteiger partial charge on any atom is -0.469 e. The number of nitrogens with zero attached hydrogens (tertiary/aromatic N) is 2. The summed E-state index contributed by atoms with van der Waals surface area (Å²) in [7, 11) is -0.316. The van der Waals surface area contributed by atoms with Crippen LogP contribution in [0.15, 0.2) is 56.9 Å². The van der Waals surface area contributed by atoms with Crippen LogP contribution in [0.3, 0.4) is 0 Å². The molecule has 0 fully saturated rings. The van der Waals surface area contributed by atoms with Gasteiger partial charge in [0.2, 0.25) is 0 Å². The second-order valence-corrected chi connectivity index (χ2v) is 11.1. The van der Waals surface area contributed by atoms with Crippen LogP contribution < -0.4 is 0 Å². The van der Waals surface area contributed by atoms with Crippen LogP contribution in [0.25, 0.3) is 6.08 Å². The van der Waals surface area contributed by atoms with E-state index in [1.807, 2.05) is 41.9 Å². The van der Waals surface area contributed by atoms with Gasteiger partial charge in [0.25, 0.3) is 0 Å². The third-order valence-electron chi connectivity index (χ3n) is 6.70. The summed E-state index contributed by atoms with van der Waals surface area (Å²) >= 11 is 2.91. The van der Waals surface area contributed by atoms with Gasteiger partial charge in [-0.1, -0.05) is 12.1 Å². The van der Waals surface area contributed by atoms with Crippen LogP contribution in [0.4, 0.5) is 8.63 Å². The van der Waals surface area contributed by atoms with E-state index in [0.29, 0.717) is 28.1 Å². The Morgan fingerprint density at radius 1 is 0.952 bits per heavy atom. The summed E-state index contributed by atoms with van der Waals surface area (Å²) in [4.78, 5) is 30.4. The third-order valence-corrected chi connectivity index (χ3v) is 8.27. The zero-order chi connectivity index (χ0) is 30.2. The Morgan fingerprint density at radius 3 is 2.10 bits per heavy atom. The molecule has 11 heteroatoms. The van der Waals surface area contributed by atoms with Crippen molar-refractivity contribution in [2.45, 2.75) is 39.5 Å². The lowest BCUT2D eigenvalue weighted by molar-refractivity contribution is -0.141. The zero-order valence-electron chi connectivity index (χ0n) is 23.5. The molecule has 0 unspecified atom stereocenters. The lowest BCUT2D eigenvalue weighted by Gasteiger charge is -2.09. The number of hydrogen-bond donors (Lipinski definition) is 0. The van der Waals surface area contributed by atoms with Crippen molar-refractivity contribution < 1.29 is 27.7 Å². The molecule has 0 aliphatic carbocycles. The fourth-order valence-electron chi connectivity index (χ4n) is 4.50. The lowest BCUT2D eigenvalue weighted by Crippen LogP contribution is -2.17. The number of halogens is 2. The van der Waals surface area contributed by atoms with Gasteiger partial charge in [0.05, 0.1) is 35.4 Å². The van der Waals surface area contributed by atoms with E-state index < -0.39 is 19.3 Å². The molecule has 1 aliphatic rings. The number of aromatic nitrogens is 1. The molecule has 0 bridgehead atoms. The van der Waals surface area contributed by atoms with Gasteiger partial charge in [-0.2, -0.15) is 0 Å². The van der Waals surface area contributed by atoms with Gasteiger partial charge in [0.1, 0.15) is 5.71 Å². The number of carbonyl (C=O) groups excluding carboxylic acids is 2. The van der Waals surface area contributed by atoms with Crippen molar-refractivity contribution in [1.82, 2.24) is 4.48 Å². The van der Waals surface area contributed by atoms with Crippen LogP contribution in [0.1, 0.15) is 58.5 Å². The second kappa shape index (κ2) is 14.1. The molecule has 0 spiro atoms. The predicted molar refractivity (Wildman–Crippen MR) is 164 cm³/mol. The Morgan fingerprint density at radius 2 is 1.55 bits per heavy atom. The van der Waals surface area contributed by atoms with Gasteiger partial charge in [0.15, 0.2) is 0 Å². The summed E-state index contributed by atoms with van der Waals surface area (Å²) in [5, 5.41) is 3.79. The average Bonchev–Trinajstić information content (AvgIpc) is 3.78. The highest BCUT2D eigenvalue weighted by molar-refractivity contribution is 7.10. The van der Waals surface area contributed by atoms with Crippen LogP contribution in [0.5, 0.6) is 0 Å². The SMILES string of the molecule is COC(=O)CCC1=C(C)C(C#Cc2cccs2)=N/C1=C\c1c(CCC(=O)OC)c(C)c(C#Cc2cccs2)n1B(F)F. The molecule has 214 valence electrons. The topological polar surface area (TPSA) is 69.9 Å². The van der Waals surface area contributed by atoms with Crippen molar-refractivity contribution in [1.29, 1.82) is 0 Å². The Labute approximate surface area is 252 Å². The maximum atomic E-state index is 14.8. The van der Waals surface area contributed by atoms with Crippen LogP contribution in [-0.2, 0) is 25.5 Å². The number of allylic oxidation sites excluding steroid dienone is 2. The quantitative estimate of drug-likeness (QED) is 0.172. The van der Waals surface area contributed by atoms with Gasteiger partial charge in [-0.3, -0.25) is 18.2 Å². The summed E-state index contributed by atoms with van der Waals surface area (Å²) in [5.41, 5.74) is 3.82. The number of esters is 2. The first-order valence-electron chi connectivity index (χ1n) is 13.0. The fraction of sp³-hybridized carbons (Fsp3) is 0.258. The van der Waals surface area contributed by atoms with Crippen LogP contribution in [0.2, 0.25) is 0 Å². The molecule has 0 atom stereocenters. The van der Waals surface area contributed by atoms with E-state index in [0.717, 1.165) is 19.8 Å². The van der Waals surface area contributed by atoms with Gasteiger partial charge < -0.3 is 14.0 Å². The highest BCUT2D eigenvalue weighted by Crippen LogP contribution is 2.34. The Bertz CT molecular complexity index is 1690. The lowest BCUT2D eigenvalue weighted by atomic mass is 9.99. The maximum Gasteiger partial charge on any atom is 0.678 e. The van der Waals surface area contributed by atoms with Crippen molar-refractivity contribution in [2.24, 2.45) is 4.99 Å². The van der Waals surface area contributed by atoms with E-state index in [2.05, 4.69) is 23.7 Å². The Balaban J connectivity index is 1.89. The van der Waals surface area contributed by atoms with Gasteiger partial charge in [-0.15, -0.1) is 22.7 Å². The number of aliphatic imine (C=N–C) groups is 1. The molecule has 0 N–H and O–H groups in total. The van der Waals surface area contributed by atoms with Crippen molar-refractivity contribution in [2.75, 3.05) is 14.2 Å². The number of ether oxygens (including phenoxy) is 2. The first-order valence-corrected chi connectivity index (χ1v) is 14.8. The van der Waals surface area contributed by atoms with Crippen molar-refractivity contribution in [3.63, 3.8) is 0 Å². The minimum absolute atomic E-state index is 0.00340. The summed E-state index contributed by atoms with van der Waals surface area (Å²) < 4.78 is 40.0. The van der Waals surface area contributed by atoms with Crippen molar-refractivity contribution >= 4 is 53.8 Å². The Hall–Kier alpha value is -4.19. The molecule has 0 radical (unpaired) electrons. The van der Waals surface area contributed by atoms with E-state index in [1.54, 1.807) is 13.0 Å². The maximum absolute atomic E-state index is 14.8. The number of methoxy groups -OCH3 is 2. The van der Waals surface area contributed by atoms with Crippen LogP contribution >= 0.6 is 22.7 Å². The molecule has 1 aliphatic heterocycles. The highest BCUT2D eigenvalue weighted by Gasteiger charge is 2.30. The average molecular weight is 605 g/mol. The summed E-state index contributed by atoms with van der Waals surface area (Å²) in [5.74, 6) is 11.2. The van der Waals surface area contributed by atoms with Crippen molar-refractivity contribution in [3.8, 4) is 23.7 Å². The largest absolute Gasteiger partial charge is 0.678 e. The van der Waals surface area contributed by atoms with Crippen molar-refractivity contribution in [3.05, 3.63) is 84.1 Å². The molecule has 42 heavy (non-hydrogen) atoms. The molecule has 6 nitrogen and oxygen atoms in total. The Kier molecular flexibility index (Phi) is 10.3. The van der Waals surface area contributed by atoms with E-state index in [9.17, 15) is 18.2 Å². The predicted octanol–water partition coefficient (Wildman–Crippen LogP) is 6.31. The molecule has 0 saturated carbocycles. The standard InChI is InChI=1S/C31H27BF2N2O4S2/c1-20-24(11-15-30(37)39-3)27(35-26(20)13-9-22-7-5-17-41-22)19-29-25(12-16-31(38)40-4)21(2)28(36(29)32(33)34)14-10-23-8-6-18-42-23/h5-8,17-19H,11-12,15-16H2,1-4H3/b27-19-. The monoisotopic (exact) mass is 604 g/mol. The van der Waals surface area contributed by atoms with E-state index >= 15 is 0 Å². The number of hydrogen-bond acceptors (Lipinski definition) is 7. The number of thiophene rings is 2. The summed E-state index contributed by atoms with van der Waals surface area (Å²) in [6.45, 7) is 3.57.